The number of esters is 1. The van der Waals surface area contributed by atoms with E-state index in [1.165, 1.54) is 26.2 Å². The van der Waals surface area contributed by atoms with Gasteiger partial charge < -0.3 is 9.47 Å². The summed E-state index contributed by atoms with van der Waals surface area (Å²) in [4.78, 5) is 24.0. The van der Waals surface area contributed by atoms with Crippen LogP contribution in [0.5, 0.6) is 0 Å². The summed E-state index contributed by atoms with van der Waals surface area (Å²) in [5, 5.41) is 0. The lowest BCUT2D eigenvalue weighted by molar-refractivity contribution is -0.158. The molecule has 0 aromatic heterocycles. The number of carbonyl (C=O) groups is 2. The van der Waals surface area contributed by atoms with Gasteiger partial charge in [-0.25, -0.2) is 0 Å². The molecule has 5 rings (SSSR count). The molecule has 4 nitrogen and oxygen atoms in total. The third-order valence-electron chi connectivity index (χ3n) is 10.2. The van der Waals surface area contributed by atoms with Gasteiger partial charge in [0.25, 0.3) is 0 Å². The summed E-state index contributed by atoms with van der Waals surface area (Å²) in [7, 11) is 0. The molecular weight excluding hydrogens is 352 g/mol. The average molecular weight is 389 g/mol. The highest BCUT2D eigenvalue weighted by Gasteiger charge is 2.76. The average Bonchev–Trinajstić information content (AvgIpc) is 3.20. The van der Waals surface area contributed by atoms with E-state index in [9.17, 15) is 9.59 Å². The van der Waals surface area contributed by atoms with E-state index < -0.39 is 0 Å². The van der Waals surface area contributed by atoms with Crippen molar-refractivity contribution in [1.29, 1.82) is 0 Å². The summed E-state index contributed by atoms with van der Waals surface area (Å²) in [5.74, 6) is 2.99. The predicted octanol–water partition coefficient (Wildman–Crippen LogP) is 4.54. The molecule has 4 aliphatic carbocycles. The minimum Gasteiger partial charge on any atom is -0.462 e. The Morgan fingerprint density at radius 2 is 1.79 bits per heavy atom. The van der Waals surface area contributed by atoms with Crippen LogP contribution in [0.2, 0.25) is 0 Å². The Balaban J connectivity index is 1.44. The van der Waals surface area contributed by atoms with E-state index in [0.29, 0.717) is 35.6 Å². The zero-order valence-electron chi connectivity index (χ0n) is 18.1. The summed E-state index contributed by atoms with van der Waals surface area (Å²) in [6.07, 6.45) is 8.03. The van der Waals surface area contributed by atoms with E-state index in [2.05, 4.69) is 20.8 Å². The monoisotopic (exact) mass is 388 g/mol. The van der Waals surface area contributed by atoms with Crippen LogP contribution in [-0.2, 0) is 19.1 Å². The van der Waals surface area contributed by atoms with Gasteiger partial charge in [-0.2, -0.15) is 0 Å². The number of rotatable bonds is 2. The minimum atomic E-state index is -0.167. The molecule has 0 aromatic carbocycles. The molecule has 10 atom stereocenters. The fraction of sp³-hybridized carbons (Fsp3) is 0.917. The van der Waals surface area contributed by atoms with Gasteiger partial charge in [-0.05, 0) is 74.5 Å². The van der Waals surface area contributed by atoms with Gasteiger partial charge >= 0.3 is 5.97 Å². The van der Waals surface area contributed by atoms with E-state index in [1.807, 2.05) is 6.92 Å². The highest BCUT2D eigenvalue weighted by atomic mass is 16.6. The molecule has 1 saturated heterocycles. The lowest BCUT2D eigenvalue weighted by Crippen LogP contribution is -2.59. The van der Waals surface area contributed by atoms with Crippen LogP contribution in [0.25, 0.3) is 0 Å². The quantitative estimate of drug-likeness (QED) is 0.515. The Kier molecular flexibility index (Phi) is 3.98. The van der Waals surface area contributed by atoms with E-state index >= 15 is 0 Å². The summed E-state index contributed by atoms with van der Waals surface area (Å²) in [6, 6.07) is 0. The molecule has 4 saturated carbocycles. The van der Waals surface area contributed by atoms with Crippen LogP contribution in [0.15, 0.2) is 0 Å². The first kappa shape index (κ1) is 19.1. The maximum atomic E-state index is 12.5. The molecule has 156 valence electrons. The Morgan fingerprint density at radius 3 is 2.46 bits per heavy atom. The van der Waals surface area contributed by atoms with Crippen LogP contribution in [0.4, 0.5) is 0 Å². The van der Waals surface area contributed by atoms with Gasteiger partial charge in [-0.1, -0.05) is 20.8 Å². The maximum Gasteiger partial charge on any atom is 0.302 e. The largest absolute Gasteiger partial charge is 0.462 e. The molecule has 5 fully saturated rings. The lowest BCUT2D eigenvalue weighted by atomic mass is 9.44. The molecule has 0 bridgehead atoms. The van der Waals surface area contributed by atoms with Crippen molar-refractivity contribution in [3.05, 3.63) is 0 Å². The zero-order valence-corrected chi connectivity index (χ0v) is 18.1. The summed E-state index contributed by atoms with van der Waals surface area (Å²) in [5.41, 5.74) is 0.299. The van der Waals surface area contributed by atoms with E-state index in [-0.39, 0.29) is 34.4 Å². The summed E-state index contributed by atoms with van der Waals surface area (Å²) >= 11 is 0. The number of fused-ring (bicyclic) bond motifs is 4. The van der Waals surface area contributed by atoms with Crippen LogP contribution in [0.3, 0.4) is 0 Å². The SMILES string of the molecule is CC(=O)O[C@@H]1CC[C@@]2(C)[C@@H]3CC[C@]4(C)[C@H](C[C@H](C)[C@H]4C(C)=O)[C@H]3C[C@@H]3O[C@@]32C1. The molecule has 0 aromatic rings. The van der Waals surface area contributed by atoms with Crippen LogP contribution >= 0.6 is 0 Å². The Labute approximate surface area is 169 Å². The van der Waals surface area contributed by atoms with E-state index in [4.69, 9.17) is 9.47 Å². The number of ketones is 1. The number of hydrogen-bond donors (Lipinski definition) is 0. The molecule has 1 spiro atoms. The molecule has 0 radical (unpaired) electrons. The van der Waals surface area contributed by atoms with Crippen molar-refractivity contribution in [2.75, 3.05) is 0 Å². The van der Waals surface area contributed by atoms with Crippen molar-refractivity contribution in [2.45, 2.75) is 97.4 Å². The van der Waals surface area contributed by atoms with Crippen molar-refractivity contribution < 1.29 is 19.1 Å². The lowest BCUT2D eigenvalue weighted by Gasteiger charge is -2.59. The Bertz CT molecular complexity index is 717. The van der Waals surface area contributed by atoms with Crippen molar-refractivity contribution in [2.24, 2.45) is 40.4 Å². The molecular formula is C24H36O4. The molecule has 5 aliphatic rings. The molecule has 0 amide bonds. The van der Waals surface area contributed by atoms with Gasteiger partial charge in [0.15, 0.2) is 0 Å². The van der Waals surface area contributed by atoms with Crippen molar-refractivity contribution in [3.8, 4) is 0 Å². The molecule has 0 N–H and O–H groups in total. The van der Waals surface area contributed by atoms with Crippen molar-refractivity contribution in [1.82, 2.24) is 0 Å². The predicted molar refractivity (Wildman–Crippen MR) is 105 cm³/mol. The minimum absolute atomic E-state index is 0.0228. The van der Waals surface area contributed by atoms with Gasteiger partial charge in [0.1, 0.15) is 17.5 Å². The van der Waals surface area contributed by atoms with Gasteiger partial charge in [-0.15, -0.1) is 0 Å². The highest BCUT2D eigenvalue weighted by Crippen LogP contribution is 2.74. The number of ether oxygens (including phenoxy) is 2. The molecule has 1 heterocycles. The second-order valence-corrected chi connectivity index (χ2v) is 11.3. The van der Waals surface area contributed by atoms with E-state index in [0.717, 1.165) is 25.7 Å². The summed E-state index contributed by atoms with van der Waals surface area (Å²) in [6.45, 7) is 10.5. The number of carbonyl (C=O) groups excluding carboxylic acids is 2. The Morgan fingerprint density at radius 1 is 1.04 bits per heavy atom. The first-order chi connectivity index (χ1) is 13.1. The molecule has 4 heteroatoms. The van der Waals surface area contributed by atoms with Gasteiger partial charge in [0.05, 0.1) is 6.10 Å². The first-order valence-electron chi connectivity index (χ1n) is 11.5. The van der Waals surface area contributed by atoms with E-state index in [1.54, 1.807) is 0 Å². The summed E-state index contributed by atoms with van der Waals surface area (Å²) < 4.78 is 12.1. The van der Waals surface area contributed by atoms with Crippen LogP contribution in [0.1, 0.15) is 79.6 Å². The van der Waals surface area contributed by atoms with Gasteiger partial charge in [-0.3, -0.25) is 9.59 Å². The standard InChI is InChI=1S/C24H36O4/c1-13-10-19-17-11-20-24(28-20)12-16(27-15(3)26)6-9-23(24,5)18(17)7-8-22(19,4)21(13)14(2)25/h13,16-21H,6-12H2,1-5H3/t13-,16+,17-,18+,19+,20-,21-,22+,23-,24-/m0/s1. The zero-order chi connectivity index (χ0) is 20.1. The topological polar surface area (TPSA) is 55.9 Å². The second-order valence-electron chi connectivity index (χ2n) is 11.3. The first-order valence-corrected chi connectivity index (χ1v) is 11.5. The fourth-order valence-corrected chi connectivity index (χ4v) is 9.20. The van der Waals surface area contributed by atoms with Crippen molar-refractivity contribution >= 4 is 11.8 Å². The Hall–Kier alpha value is -0.900. The number of hydrogen-bond acceptors (Lipinski definition) is 4. The molecule has 0 unspecified atom stereocenters. The number of epoxide rings is 1. The molecule has 28 heavy (non-hydrogen) atoms. The molecule has 1 aliphatic heterocycles. The fourth-order valence-electron chi connectivity index (χ4n) is 9.20. The third-order valence-corrected chi connectivity index (χ3v) is 10.2. The second kappa shape index (κ2) is 5.83. The van der Waals surface area contributed by atoms with Crippen LogP contribution < -0.4 is 0 Å². The van der Waals surface area contributed by atoms with Gasteiger partial charge in [0, 0.05) is 24.7 Å². The highest BCUT2D eigenvalue weighted by molar-refractivity contribution is 5.80. The van der Waals surface area contributed by atoms with Crippen LogP contribution in [0, 0.1) is 40.4 Å². The normalized spacial score (nSPS) is 56.7. The smallest absolute Gasteiger partial charge is 0.302 e. The van der Waals surface area contributed by atoms with Gasteiger partial charge in [0.2, 0.25) is 0 Å². The van der Waals surface area contributed by atoms with Crippen LogP contribution in [-0.4, -0.2) is 29.6 Å². The third kappa shape index (κ3) is 2.27. The maximum absolute atomic E-state index is 12.5. The number of Topliss-reactive ketones (excluding diaryl/α,β-unsaturated/α-hetero) is 1. The van der Waals surface area contributed by atoms with Crippen molar-refractivity contribution in [3.63, 3.8) is 0 Å².